The second-order valence-corrected chi connectivity index (χ2v) is 7.86. The molecule has 4 aliphatic rings. The van der Waals surface area contributed by atoms with Gasteiger partial charge >= 0.3 is 6.36 Å². The number of nitrogens with two attached hydrogens (primary N) is 1. The maximum Gasteiger partial charge on any atom is 0.573 e. The van der Waals surface area contributed by atoms with Gasteiger partial charge in [0.2, 0.25) is 0 Å². The Balaban J connectivity index is 1.54. The van der Waals surface area contributed by atoms with Crippen LogP contribution in [-0.2, 0) is 5.41 Å². The van der Waals surface area contributed by atoms with Gasteiger partial charge in [-0.05, 0) is 56.6 Å². The average Bonchev–Trinajstić information content (AvgIpc) is 3.08. The Hall–Kier alpha value is -2.25. The van der Waals surface area contributed by atoms with Crippen LogP contribution in [0, 0.1) is 17.8 Å². The maximum atomic E-state index is 12.6. The van der Waals surface area contributed by atoms with Crippen LogP contribution >= 0.6 is 0 Å². The Morgan fingerprint density at radius 2 is 1.96 bits per heavy atom. The molecule has 3 unspecified atom stereocenters. The molecule has 0 aliphatic heterocycles. The number of aromatic nitrogens is 3. The van der Waals surface area contributed by atoms with Gasteiger partial charge < -0.3 is 10.5 Å². The molecule has 0 spiro atoms. The third-order valence-electron chi connectivity index (χ3n) is 6.29. The number of hydrogen-bond donors (Lipinski definition) is 1. The lowest BCUT2D eigenvalue weighted by Gasteiger charge is -2.14. The Morgan fingerprint density at radius 3 is 2.54 bits per heavy atom. The first kappa shape index (κ1) is 16.0. The number of halogens is 3. The van der Waals surface area contributed by atoms with Crippen LogP contribution < -0.4 is 10.5 Å². The molecule has 5 nitrogen and oxygen atoms in total. The molecule has 4 atom stereocenters. The lowest BCUT2D eigenvalue weighted by Crippen LogP contribution is -2.18. The molecular formula is C18H19F3N4O. The zero-order chi connectivity index (χ0) is 18.4. The Labute approximate surface area is 148 Å². The van der Waals surface area contributed by atoms with Gasteiger partial charge in [0, 0.05) is 28.9 Å². The summed E-state index contributed by atoms with van der Waals surface area (Å²) in [7, 11) is 0. The molecule has 2 heterocycles. The number of rotatable bonds is 4. The van der Waals surface area contributed by atoms with Gasteiger partial charge in [0.25, 0.3) is 0 Å². The van der Waals surface area contributed by atoms with Crippen LogP contribution in [0.2, 0.25) is 0 Å². The van der Waals surface area contributed by atoms with Crippen LogP contribution in [0.1, 0.15) is 38.4 Å². The second-order valence-electron chi connectivity index (χ2n) is 7.86. The van der Waals surface area contributed by atoms with Gasteiger partial charge in [0.15, 0.2) is 11.6 Å². The predicted octanol–water partition coefficient (Wildman–Crippen LogP) is 3.91. The number of nitrogens with zero attached hydrogens (tertiary/aromatic N) is 3. The number of ether oxygens (including phenoxy) is 1. The van der Waals surface area contributed by atoms with Gasteiger partial charge in [-0.25, -0.2) is 4.98 Å². The first-order valence-electron chi connectivity index (χ1n) is 8.85. The molecule has 4 fully saturated rings. The highest BCUT2D eigenvalue weighted by Gasteiger charge is 2.90. The second kappa shape index (κ2) is 4.72. The van der Waals surface area contributed by atoms with E-state index in [0.29, 0.717) is 11.3 Å². The summed E-state index contributed by atoms with van der Waals surface area (Å²) in [5.41, 5.74) is 8.11. The number of hydrogen-bond acceptors (Lipinski definition) is 4. The van der Waals surface area contributed by atoms with E-state index >= 15 is 0 Å². The molecule has 2 aromatic heterocycles. The van der Waals surface area contributed by atoms with Crippen LogP contribution in [0.15, 0.2) is 18.3 Å². The third kappa shape index (κ3) is 1.98. The molecule has 0 amide bonds. The van der Waals surface area contributed by atoms with E-state index in [9.17, 15) is 13.2 Å². The van der Waals surface area contributed by atoms with Crippen molar-refractivity contribution in [2.45, 2.75) is 44.5 Å². The van der Waals surface area contributed by atoms with Crippen LogP contribution in [0.25, 0.3) is 11.3 Å². The van der Waals surface area contributed by atoms with E-state index in [4.69, 9.17) is 5.73 Å². The van der Waals surface area contributed by atoms with Crippen molar-refractivity contribution in [1.82, 2.24) is 14.8 Å². The molecule has 2 bridgehead atoms. The molecule has 0 aromatic carbocycles. The van der Waals surface area contributed by atoms with Crippen LogP contribution in [0.3, 0.4) is 0 Å². The van der Waals surface area contributed by atoms with Crippen molar-refractivity contribution in [3.63, 3.8) is 0 Å². The van der Waals surface area contributed by atoms with Gasteiger partial charge in [0.05, 0.1) is 5.69 Å². The number of alkyl halides is 3. The minimum atomic E-state index is -4.82. The summed E-state index contributed by atoms with van der Waals surface area (Å²) >= 11 is 0. The van der Waals surface area contributed by atoms with Gasteiger partial charge in [-0.2, -0.15) is 5.10 Å². The van der Waals surface area contributed by atoms with E-state index < -0.39 is 12.1 Å². The number of fused-ring (bicyclic) bond motifs is 1. The van der Waals surface area contributed by atoms with E-state index in [1.165, 1.54) is 30.8 Å². The van der Waals surface area contributed by atoms with Crippen molar-refractivity contribution in [3.8, 4) is 17.0 Å². The molecule has 4 saturated carbocycles. The predicted molar refractivity (Wildman–Crippen MR) is 88.3 cm³/mol. The Morgan fingerprint density at radius 1 is 1.27 bits per heavy atom. The zero-order valence-corrected chi connectivity index (χ0v) is 14.4. The van der Waals surface area contributed by atoms with E-state index in [1.54, 1.807) is 0 Å². The quantitative estimate of drug-likeness (QED) is 0.893. The van der Waals surface area contributed by atoms with Crippen LogP contribution in [0.5, 0.6) is 5.75 Å². The molecule has 0 saturated heterocycles. The van der Waals surface area contributed by atoms with E-state index in [1.807, 2.05) is 10.7 Å². The zero-order valence-electron chi connectivity index (χ0n) is 14.4. The standard InChI is InChI=1S/C18H19F3N4O/c1-8(2)25-14(17-10-3-4-11(17)15(10)17)6-12(24-25)9-5-13(16(22)23-7-9)26-18(19,20)21/h5-8,10-11,15H,3-4H2,1-2H3,(H2,22,23)/t10-,11?,15?,17?/m1/s1. The Kier molecular flexibility index (Phi) is 2.90. The van der Waals surface area contributed by atoms with E-state index in [2.05, 4.69) is 28.7 Å². The van der Waals surface area contributed by atoms with Crippen LogP contribution in [0.4, 0.5) is 19.0 Å². The van der Waals surface area contributed by atoms with Crippen molar-refractivity contribution in [2.24, 2.45) is 17.8 Å². The van der Waals surface area contributed by atoms with Gasteiger partial charge in [-0.3, -0.25) is 4.68 Å². The molecule has 138 valence electrons. The molecule has 8 heteroatoms. The van der Waals surface area contributed by atoms with Crippen molar-refractivity contribution in [2.75, 3.05) is 5.73 Å². The lowest BCUT2D eigenvalue weighted by molar-refractivity contribution is -0.274. The summed E-state index contributed by atoms with van der Waals surface area (Å²) in [6.07, 6.45) is -0.814. The minimum Gasteiger partial charge on any atom is -0.402 e. The molecule has 26 heavy (non-hydrogen) atoms. The van der Waals surface area contributed by atoms with Crippen molar-refractivity contribution in [3.05, 3.63) is 24.0 Å². The normalized spacial score (nSPS) is 31.2. The fraction of sp³-hybridized carbons (Fsp3) is 0.556. The highest BCUT2D eigenvalue weighted by Crippen LogP contribution is 2.91. The van der Waals surface area contributed by atoms with Gasteiger partial charge in [0.1, 0.15) is 0 Å². The summed E-state index contributed by atoms with van der Waals surface area (Å²) < 4.78 is 43.7. The summed E-state index contributed by atoms with van der Waals surface area (Å²) in [5.74, 6) is 1.53. The highest BCUT2D eigenvalue weighted by molar-refractivity contribution is 5.66. The number of pyridine rings is 1. The molecule has 0 radical (unpaired) electrons. The largest absolute Gasteiger partial charge is 0.573 e. The van der Waals surface area contributed by atoms with E-state index in [-0.39, 0.29) is 17.3 Å². The number of nitrogen functional groups attached to an aromatic ring is 1. The monoisotopic (exact) mass is 364 g/mol. The van der Waals surface area contributed by atoms with Crippen molar-refractivity contribution >= 4 is 5.82 Å². The minimum absolute atomic E-state index is 0.182. The first-order chi connectivity index (χ1) is 12.2. The lowest BCUT2D eigenvalue weighted by atomic mass is 10.0. The number of anilines is 1. The molecule has 6 rings (SSSR count). The van der Waals surface area contributed by atoms with Crippen molar-refractivity contribution < 1.29 is 17.9 Å². The molecule has 2 N–H and O–H groups in total. The summed E-state index contributed by atoms with van der Waals surface area (Å²) in [6, 6.07) is 3.46. The average molecular weight is 364 g/mol. The van der Waals surface area contributed by atoms with Crippen molar-refractivity contribution in [1.29, 1.82) is 0 Å². The summed E-state index contributed by atoms with van der Waals surface area (Å²) in [6.45, 7) is 4.13. The van der Waals surface area contributed by atoms with Gasteiger partial charge in [-0.1, -0.05) is 0 Å². The molecule has 2 aromatic rings. The Bertz CT molecular complexity index is 883. The summed E-state index contributed by atoms with van der Waals surface area (Å²) in [4.78, 5) is 3.86. The smallest absolute Gasteiger partial charge is 0.402 e. The highest BCUT2D eigenvalue weighted by atomic mass is 19.4. The first-order valence-corrected chi connectivity index (χ1v) is 8.85. The van der Waals surface area contributed by atoms with E-state index in [0.717, 1.165) is 17.8 Å². The fourth-order valence-corrected chi connectivity index (χ4v) is 5.26. The van der Waals surface area contributed by atoms with Crippen LogP contribution in [-0.4, -0.2) is 21.1 Å². The summed E-state index contributed by atoms with van der Waals surface area (Å²) in [5, 5.41) is 4.68. The van der Waals surface area contributed by atoms with Gasteiger partial charge in [-0.15, -0.1) is 13.2 Å². The molecule has 4 aliphatic carbocycles. The fourth-order valence-electron chi connectivity index (χ4n) is 5.26. The maximum absolute atomic E-state index is 12.6. The third-order valence-corrected chi connectivity index (χ3v) is 6.29. The SMILES string of the molecule is CC(C)n1nc(-c2cnc(N)c(OC(F)(F)F)c2)cc1C12C3CC[C@@H]1C32. The topological polar surface area (TPSA) is 66.0 Å². The molecular weight excluding hydrogens is 345 g/mol.